The molecule has 0 N–H and O–H groups in total. The number of ether oxygens (including phenoxy) is 1. The largest absolute Gasteiger partial charge is 0.616 e. The van der Waals surface area contributed by atoms with Gasteiger partial charge in [0, 0.05) is 17.9 Å². The number of aromatic nitrogens is 1. The van der Waals surface area contributed by atoms with Crippen molar-refractivity contribution in [2.45, 2.75) is 30.0 Å². The monoisotopic (exact) mass is 333 g/mol. The minimum atomic E-state index is -0.950. The van der Waals surface area contributed by atoms with Crippen molar-refractivity contribution < 1.29 is 14.1 Å². The molecule has 0 aliphatic heterocycles. The molecule has 1 aromatic rings. The van der Waals surface area contributed by atoms with Gasteiger partial charge in [-0.25, -0.2) is 4.98 Å². The zero-order chi connectivity index (χ0) is 14.8. The summed E-state index contributed by atoms with van der Waals surface area (Å²) in [4.78, 5) is 15.2. The lowest BCUT2D eigenvalue weighted by Crippen LogP contribution is -2.17. The maximum atomic E-state index is 11.7. The molecule has 0 radical (unpaired) electrons. The lowest BCUT2D eigenvalue weighted by molar-refractivity contribution is -0.140. The SMILES string of the molecule is COC(=O)CC[S+]([O-])CCC(C)SSc1ccccn1. The van der Waals surface area contributed by atoms with Crippen LogP contribution in [0, 0.1) is 0 Å². The van der Waals surface area contributed by atoms with E-state index in [1.54, 1.807) is 27.8 Å². The van der Waals surface area contributed by atoms with Gasteiger partial charge in [-0.15, -0.1) is 0 Å². The lowest BCUT2D eigenvalue weighted by Gasteiger charge is -2.13. The van der Waals surface area contributed by atoms with Crippen LogP contribution in [0.4, 0.5) is 0 Å². The number of carbonyl (C=O) groups excluding carboxylic acids is 1. The van der Waals surface area contributed by atoms with Crippen molar-refractivity contribution in [2.75, 3.05) is 18.6 Å². The zero-order valence-corrected chi connectivity index (χ0v) is 14.1. The molecule has 2 atom stereocenters. The Labute approximate surface area is 131 Å². The summed E-state index contributed by atoms with van der Waals surface area (Å²) in [7, 11) is 4.71. The van der Waals surface area contributed by atoms with Gasteiger partial charge < -0.3 is 9.29 Å². The van der Waals surface area contributed by atoms with Gasteiger partial charge in [-0.3, -0.25) is 4.79 Å². The van der Waals surface area contributed by atoms with Crippen molar-refractivity contribution in [3.8, 4) is 0 Å². The van der Waals surface area contributed by atoms with Gasteiger partial charge in [-0.2, -0.15) is 0 Å². The summed E-state index contributed by atoms with van der Waals surface area (Å²) in [5.74, 6) is 0.706. The molecule has 0 spiro atoms. The molecular weight excluding hydrogens is 314 g/mol. The fourth-order valence-electron chi connectivity index (χ4n) is 1.27. The maximum absolute atomic E-state index is 11.7. The third-order valence-corrected chi connectivity index (χ3v) is 6.66. The molecule has 0 saturated heterocycles. The van der Waals surface area contributed by atoms with E-state index >= 15 is 0 Å². The predicted molar refractivity (Wildman–Crippen MR) is 86.3 cm³/mol. The summed E-state index contributed by atoms with van der Waals surface area (Å²) >= 11 is -0.950. The molecule has 0 fully saturated rings. The van der Waals surface area contributed by atoms with Crippen molar-refractivity contribution in [3.63, 3.8) is 0 Å². The summed E-state index contributed by atoms with van der Waals surface area (Å²) in [6, 6.07) is 5.82. The van der Waals surface area contributed by atoms with Gasteiger partial charge in [0.1, 0.15) is 16.5 Å². The summed E-state index contributed by atoms with van der Waals surface area (Å²) in [6.07, 6.45) is 2.86. The number of carbonyl (C=O) groups is 1. The van der Waals surface area contributed by atoms with Crippen LogP contribution in [-0.2, 0) is 20.7 Å². The topological polar surface area (TPSA) is 62.2 Å². The molecule has 1 heterocycles. The van der Waals surface area contributed by atoms with Crippen molar-refractivity contribution >= 4 is 38.7 Å². The number of methoxy groups -OCH3 is 1. The van der Waals surface area contributed by atoms with Crippen LogP contribution in [-0.4, -0.2) is 39.4 Å². The van der Waals surface area contributed by atoms with E-state index in [2.05, 4.69) is 16.6 Å². The number of pyridine rings is 1. The molecular formula is C13H19NO3S3. The zero-order valence-electron chi connectivity index (χ0n) is 11.6. The first kappa shape index (κ1) is 17.7. The smallest absolute Gasteiger partial charge is 0.310 e. The van der Waals surface area contributed by atoms with E-state index in [-0.39, 0.29) is 12.4 Å². The number of hydrogen-bond acceptors (Lipinski definition) is 6. The Morgan fingerprint density at radius 2 is 2.30 bits per heavy atom. The number of nitrogens with zero attached hydrogens (tertiary/aromatic N) is 1. The minimum absolute atomic E-state index is 0.229. The van der Waals surface area contributed by atoms with E-state index in [1.807, 2.05) is 18.2 Å². The normalized spacial score (nSPS) is 13.8. The van der Waals surface area contributed by atoms with Gasteiger partial charge in [0.25, 0.3) is 0 Å². The first-order valence-electron chi connectivity index (χ1n) is 6.28. The van der Waals surface area contributed by atoms with Gasteiger partial charge >= 0.3 is 5.97 Å². The highest BCUT2D eigenvalue weighted by Crippen LogP contribution is 2.34. The van der Waals surface area contributed by atoms with Crippen LogP contribution in [0.2, 0.25) is 0 Å². The molecule has 0 aliphatic rings. The molecule has 2 unspecified atom stereocenters. The van der Waals surface area contributed by atoms with E-state index in [0.717, 1.165) is 11.4 Å². The summed E-state index contributed by atoms with van der Waals surface area (Å²) in [5, 5.41) is 1.38. The first-order chi connectivity index (χ1) is 9.61. The van der Waals surface area contributed by atoms with Crippen LogP contribution in [0.25, 0.3) is 0 Å². The Hall–Kier alpha value is -0.370. The fraction of sp³-hybridized carbons (Fsp3) is 0.538. The molecule has 0 amide bonds. The third kappa shape index (κ3) is 8.04. The Morgan fingerprint density at radius 1 is 1.50 bits per heavy atom. The maximum Gasteiger partial charge on any atom is 0.310 e. The Kier molecular flexibility index (Phi) is 9.17. The average Bonchev–Trinajstić information content (AvgIpc) is 2.49. The molecule has 1 rings (SSSR count). The van der Waals surface area contributed by atoms with Crippen molar-refractivity contribution in [2.24, 2.45) is 0 Å². The van der Waals surface area contributed by atoms with Crippen molar-refractivity contribution in [1.29, 1.82) is 0 Å². The highest BCUT2D eigenvalue weighted by Gasteiger charge is 2.13. The molecule has 0 aromatic carbocycles. The molecule has 0 bridgehead atoms. The number of rotatable bonds is 9. The van der Waals surface area contributed by atoms with E-state index < -0.39 is 11.2 Å². The molecule has 112 valence electrons. The Morgan fingerprint density at radius 3 is 2.95 bits per heavy atom. The van der Waals surface area contributed by atoms with E-state index in [0.29, 0.717) is 16.8 Å². The third-order valence-electron chi connectivity index (χ3n) is 2.45. The molecule has 7 heteroatoms. The van der Waals surface area contributed by atoms with Gasteiger partial charge in [0.05, 0.1) is 13.5 Å². The minimum Gasteiger partial charge on any atom is -0.616 e. The van der Waals surface area contributed by atoms with Crippen LogP contribution < -0.4 is 0 Å². The van der Waals surface area contributed by atoms with Crippen LogP contribution in [0.3, 0.4) is 0 Å². The van der Waals surface area contributed by atoms with E-state index in [4.69, 9.17) is 0 Å². The second-order valence-electron chi connectivity index (χ2n) is 4.12. The van der Waals surface area contributed by atoms with E-state index in [9.17, 15) is 9.35 Å². The van der Waals surface area contributed by atoms with Crippen LogP contribution in [0.15, 0.2) is 29.4 Å². The quantitative estimate of drug-likeness (QED) is 0.393. The van der Waals surface area contributed by atoms with Gasteiger partial charge in [-0.05, 0) is 22.9 Å². The molecule has 1 aromatic heterocycles. The average molecular weight is 334 g/mol. The highest BCUT2D eigenvalue weighted by molar-refractivity contribution is 8.76. The number of esters is 1. The first-order valence-corrected chi connectivity index (χ1v) is 9.98. The highest BCUT2D eigenvalue weighted by atomic mass is 33.1. The Bertz CT molecular complexity index is 392. The molecule has 0 saturated carbocycles. The van der Waals surface area contributed by atoms with Crippen molar-refractivity contribution in [3.05, 3.63) is 24.4 Å². The molecule has 0 aliphatic carbocycles. The van der Waals surface area contributed by atoms with Crippen molar-refractivity contribution in [1.82, 2.24) is 4.98 Å². The van der Waals surface area contributed by atoms with Crippen LogP contribution in [0.5, 0.6) is 0 Å². The lowest BCUT2D eigenvalue weighted by atomic mass is 10.4. The second kappa shape index (κ2) is 10.4. The number of hydrogen-bond donors (Lipinski definition) is 0. The van der Waals surface area contributed by atoms with E-state index in [1.165, 1.54) is 7.11 Å². The summed E-state index contributed by atoms with van der Waals surface area (Å²) < 4.78 is 16.2. The fourth-order valence-corrected chi connectivity index (χ4v) is 4.73. The standard InChI is InChI=1S/C13H19NO3S3/c1-11(18-19-12-5-3-4-8-14-12)6-9-20(16)10-7-13(15)17-2/h3-5,8,11H,6-7,9-10H2,1-2H3. The Balaban J connectivity index is 2.13. The summed E-state index contributed by atoms with van der Waals surface area (Å²) in [6.45, 7) is 2.11. The van der Waals surface area contributed by atoms with Gasteiger partial charge in [0.15, 0.2) is 0 Å². The predicted octanol–water partition coefficient (Wildman–Crippen LogP) is 2.91. The molecule has 20 heavy (non-hydrogen) atoms. The molecule has 4 nitrogen and oxygen atoms in total. The van der Waals surface area contributed by atoms with Gasteiger partial charge in [0.2, 0.25) is 0 Å². The van der Waals surface area contributed by atoms with Crippen LogP contribution in [0.1, 0.15) is 19.8 Å². The van der Waals surface area contributed by atoms with Crippen LogP contribution >= 0.6 is 21.6 Å². The van der Waals surface area contributed by atoms with Gasteiger partial charge in [-0.1, -0.05) is 35.0 Å². The summed E-state index contributed by atoms with van der Waals surface area (Å²) in [5.41, 5.74) is 0. The second-order valence-corrected chi connectivity index (χ2v) is 8.48.